The van der Waals surface area contributed by atoms with Gasteiger partial charge in [-0.3, -0.25) is 0 Å². The molecule has 0 unspecified atom stereocenters. The van der Waals surface area contributed by atoms with Crippen molar-refractivity contribution < 1.29 is 18.4 Å². The number of hydrogen-bond acceptors (Lipinski definition) is 5. The molecular formula is C21H23FN4O3. The van der Waals surface area contributed by atoms with E-state index in [0.29, 0.717) is 30.4 Å². The molecule has 1 aromatic heterocycles. The van der Waals surface area contributed by atoms with Gasteiger partial charge in [-0.25, -0.2) is 9.18 Å². The largest absolute Gasteiger partial charge is 0.484 e. The smallest absolute Gasteiger partial charge is 0.321 e. The summed E-state index contributed by atoms with van der Waals surface area (Å²) in [5.74, 6) is 0.970. The SMILES string of the molecule is Cc1cccc(NC(=O)N(C)CCc2noc(COc3ccc(F)cc3)n2)c1C. The van der Waals surface area contributed by atoms with Crippen LogP contribution >= 0.6 is 0 Å². The van der Waals surface area contributed by atoms with E-state index < -0.39 is 0 Å². The fraction of sp³-hybridized carbons (Fsp3) is 0.286. The number of likely N-dealkylation sites (N-methyl/N-ethyl adjacent to an activating group) is 1. The molecule has 0 fully saturated rings. The van der Waals surface area contributed by atoms with Crippen molar-refractivity contribution >= 4 is 11.7 Å². The lowest BCUT2D eigenvalue weighted by Gasteiger charge is -2.18. The number of anilines is 1. The van der Waals surface area contributed by atoms with Crippen LogP contribution in [0.2, 0.25) is 0 Å². The molecule has 0 bridgehead atoms. The van der Waals surface area contributed by atoms with E-state index in [1.54, 1.807) is 11.9 Å². The predicted octanol–water partition coefficient (Wildman–Crippen LogP) is 4.11. The number of carbonyl (C=O) groups excluding carboxylic acids is 1. The molecule has 0 aliphatic rings. The average molecular weight is 398 g/mol. The van der Waals surface area contributed by atoms with Crippen LogP contribution in [0.1, 0.15) is 22.8 Å². The first-order chi connectivity index (χ1) is 13.9. The maximum Gasteiger partial charge on any atom is 0.321 e. The molecule has 7 nitrogen and oxygen atoms in total. The highest BCUT2D eigenvalue weighted by molar-refractivity contribution is 5.90. The molecule has 0 atom stereocenters. The van der Waals surface area contributed by atoms with E-state index in [1.807, 2.05) is 32.0 Å². The van der Waals surface area contributed by atoms with Crippen LogP contribution in [0, 0.1) is 19.7 Å². The maximum absolute atomic E-state index is 12.9. The third-order valence-electron chi connectivity index (χ3n) is 4.55. The fourth-order valence-corrected chi connectivity index (χ4v) is 2.59. The average Bonchev–Trinajstić information content (AvgIpc) is 3.17. The molecule has 0 spiro atoms. The summed E-state index contributed by atoms with van der Waals surface area (Å²) in [5, 5.41) is 6.81. The Bertz CT molecular complexity index is 972. The number of ether oxygens (including phenoxy) is 1. The Morgan fingerprint density at radius 2 is 1.97 bits per heavy atom. The Labute approximate surface area is 168 Å². The lowest BCUT2D eigenvalue weighted by Crippen LogP contribution is -2.33. The zero-order valence-electron chi connectivity index (χ0n) is 16.6. The predicted molar refractivity (Wildman–Crippen MR) is 106 cm³/mol. The van der Waals surface area contributed by atoms with E-state index in [9.17, 15) is 9.18 Å². The summed E-state index contributed by atoms with van der Waals surface area (Å²) in [7, 11) is 1.71. The van der Waals surface area contributed by atoms with E-state index in [0.717, 1.165) is 16.8 Å². The number of aromatic nitrogens is 2. The number of carbonyl (C=O) groups is 1. The Morgan fingerprint density at radius 3 is 2.72 bits per heavy atom. The van der Waals surface area contributed by atoms with Gasteiger partial charge in [-0.2, -0.15) is 4.98 Å². The van der Waals surface area contributed by atoms with Gasteiger partial charge in [0.1, 0.15) is 11.6 Å². The summed E-state index contributed by atoms with van der Waals surface area (Å²) in [6.07, 6.45) is 0.441. The van der Waals surface area contributed by atoms with Crippen LogP contribution in [0.4, 0.5) is 14.9 Å². The maximum atomic E-state index is 12.9. The summed E-state index contributed by atoms with van der Waals surface area (Å²) in [6, 6.07) is 11.3. The summed E-state index contributed by atoms with van der Waals surface area (Å²) >= 11 is 0. The number of aryl methyl sites for hydroxylation is 1. The number of nitrogens with zero attached hydrogens (tertiary/aromatic N) is 3. The molecule has 2 aromatic carbocycles. The summed E-state index contributed by atoms with van der Waals surface area (Å²) in [4.78, 5) is 18.2. The molecule has 29 heavy (non-hydrogen) atoms. The monoisotopic (exact) mass is 398 g/mol. The third-order valence-corrected chi connectivity index (χ3v) is 4.55. The number of benzene rings is 2. The molecule has 3 rings (SSSR count). The Hall–Kier alpha value is -3.42. The van der Waals surface area contributed by atoms with Gasteiger partial charge >= 0.3 is 6.03 Å². The van der Waals surface area contributed by atoms with Crippen LogP contribution in [0.15, 0.2) is 47.0 Å². The quantitative estimate of drug-likeness (QED) is 0.648. The van der Waals surface area contributed by atoms with Crippen LogP contribution in [-0.4, -0.2) is 34.7 Å². The second-order valence-electron chi connectivity index (χ2n) is 6.70. The third kappa shape index (κ3) is 5.54. The second kappa shape index (κ2) is 9.18. The van der Waals surface area contributed by atoms with Gasteiger partial charge in [-0.05, 0) is 55.3 Å². The Morgan fingerprint density at radius 1 is 1.21 bits per heavy atom. The molecule has 0 aliphatic carbocycles. The van der Waals surface area contributed by atoms with Crippen LogP contribution in [-0.2, 0) is 13.0 Å². The van der Waals surface area contributed by atoms with E-state index in [1.165, 1.54) is 24.3 Å². The van der Waals surface area contributed by atoms with Crippen molar-refractivity contribution in [1.29, 1.82) is 0 Å². The van der Waals surface area contributed by atoms with Crippen molar-refractivity contribution in [2.45, 2.75) is 26.9 Å². The highest BCUT2D eigenvalue weighted by atomic mass is 19.1. The van der Waals surface area contributed by atoms with Crippen molar-refractivity contribution in [2.24, 2.45) is 0 Å². The minimum atomic E-state index is -0.330. The zero-order valence-corrected chi connectivity index (χ0v) is 16.6. The van der Waals surface area contributed by atoms with Crippen LogP contribution in [0.25, 0.3) is 0 Å². The molecule has 3 aromatic rings. The number of halogens is 1. The molecule has 8 heteroatoms. The standard InChI is InChI=1S/C21H23FN4O3/c1-14-5-4-6-18(15(14)2)23-21(27)26(3)12-11-19-24-20(29-25-19)13-28-17-9-7-16(22)8-10-17/h4-10H,11-13H2,1-3H3,(H,23,27). The van der Waals surface area contributed by atoms with Gasteiger partial charge in [0, 0.05) is 25.7 Å². The number of urea groups is 1. The minimum Gasteiger partial charge on any atom is -0.484 e. The van der Waals surface area contributed by atoms with Crippen LogP contribution < -0.4 is 10.1 Å². The van der Waals surface area contributed by atoms with Crippen molar-refractivity contribution in [3.8, 4) is 5.75 Å². The van der Waals surface area contributed by atoms with E-state index >= 15 is 0 Å². The van der Waals surface area contributed by atoms with Crippen molar-refractivity contribution in [3.63, 3.8) is 0 Å². The van der Waals surface area contributed by atoms with E-state index in [-0.39, 0.29) is 18.5 Å². The summed E-state index contributed by atoms with van der Waals surface area (Å²) < 4.78 is 23.5. The molecule has 0 saturated carbocycles. The van der Waals surface area contributed by atoms with Crippen molar-refractivity contribution in [2.75, 3.05) is 18.9 Å². The Balaban J connectivity index is 1.47. The summed E-state index contributed by atoms with van der Waals surface area (Å²) in [6.45, 7) is 4.48. The van der Waals surface area contributed by atoms with Crippen LogP contribution in [0.5, 0.6) is 5.75 Å². The molecule has 1 N–H and O–H groups in total. The minimum absolute atomic E-state index is 0.0849. The number of amides is 2. The highest BCUT2D eigenvalue weighted by Gasteiger charge is 2.13. The Kier molecular flexibility index (Phi) is 6.43. The van der Waals surface area contributed by atoms with Crippen LogP contribution in [0.3, 0.4) is 0 Å². The normalized spacial score (nSPS) is 10.6. The first-order valence-corrected chi connectivity index (χ1v) is 9.20. The topological polar surface area (TPSA) is 80.5 Å². The van der Waals surface area contributed by atoms with E-state index in [4.69, 9.17) is 9.26 Å². The van der Waals surface area contributed by atoms with Gasteiger partial charge in [0.25, 0.3) is 5.89 Å². The summed E-state index contributed by atoms with van der Waals surface area (Å²) in [5.41, 5.74) is 2.95. The lowest BCUT2D eigenvalue weighted by atomic mass is 10.1. The van der Waals surface area contributed by atoms with Gasteiger partial charge in [0.15, 0.2) is 12.4 Å². The van der Waals surface area contributed by atoms with Gasteiger partial charge in [0.2, 0.25) is 0 Å². The number of hydrogen-bond donors (Lipinski definition) is 1. The van der Waals surface area contributed by atoms with Crippen molar-refractivity contribution in [1.82, 2.24) is 15.0 Å². The number of nitrogens with one attached hydrogen (secondary N) is 1. The molecule has 0 aliphatic heterocycles. The first-order valence-electron chi connectivity index (χ1n) is 9.20. The molecule has 1 heterocycles. The molecular weight excluding hydrogens is 375 g/mol. The second-order valence-corrected chi connectivity index (χ2v) is 6.70. The fourth-order valence-electron chi connectivity index (χ4n) is 2.59. The molecule has 0 radical (unpaired) electrons. The van der Waals surface area contributed by atoms with Gasteiger partial charge < -0.3 is 19.5 Å². The lowest BCUT2D eigenvalue weighted by molar-refractivity contribution is 0.222. The zero-order chi connectivity index (χ0) is 20.8. The molecule has 0 saturated heterocycles. The highest BCUT2D eigenvalue weighted by Crippen LogP contribution is 2.18. The van der Waals surface area contributed by atoms with E-state index in [2.05, 4.69) is 15.5 Å². The first kappa shape index (κ1) is 20.3. The van der Waals surface area contributed by atoms with Gasteiger partial charge in [-0.15, -0.1) is 0 Å². The van der Waals surface area contributed by atoms with Crippen molar-refractivity contribution in [3.05, 3.63) is 71.1 Å². The van der Waals surface area contributed by atoms with Gasteiger partial charge in [0.05, 0.1) is 0 Å². The number of rotatable bonds is 7. The molecule has 2 amide bonds. The van der Waals surface area contributed by atoms with Gasteiger partial charge in [-0.1, -0.05) is 17.3 Å². The molecule has 152 valence electrons.